The number of hydrogen-bond donors (Lipinski definition) is 1. The Bertz CT molecular complexity index is 612. The van der Waals surface area contributed by atoms with Gasteiger partial charge >= 0.3 is 0 Å². The van der Waals surface area contributed by atoms with E-state index in [0.29, 0.717) is 0 Å². The second-order valence-corrected chi connectivity index (χ2v) is 6.45. The van der Waals surface area contributed by atoms with E-state index in [-0.39, 0.29) is 5.41 Å². The third-order valence-corrected chi connectivity index (χ3v) is 3.44. The SMILES string of the molecule is CCCNc1cc(C(C)(C)C)nc(-c2ccccc2C)n1. The van der Waals surface area contributed by atoms with Crippen molar-refractivity contribution < 1.29 is 0 Å². The monoisotopic (exact) mass is 283 g/mol. The van der Waals surface area contributed by atoms with Crippen molar-refractivity contribution in [1.29, 1.82) is 0 Å². The number of nitrogens with one attached hydrogen (secondary N) is 1. The summed E-state index contributed by atoms with van der Waals surface area (Å²) in [5.74, 6) is 1.72. The van der Waals surface area contributed by atoms with Gasteiger partial charge in [0.25, 0.3) is 0 Å². The first-order valence-corrected chi connectivity index (χ1v) is 7.61. The minimum absolute atomic E-state index is 0.00300. The van der Waals surface area contributed by atoms with Gasteiger partial charge in [-0.15, -0.1) is 0 Å². The van der Waals surface area contributed by atoms with Crippen LogP contribution in [0.2, 0.25) is 0 Å². The topological polar surface area (TPSA) is 37.8 Å². The van der Waals surface area contributed by atoms with Crippen LogP contribution in [0.25, 0.3) is 11.4 Å². The Morgan fingerprint density at radius 2 is 1.81 bits per heavy atom. The molecule has 1 heterocycles. The molecule has 0 aliphatic carbocycles. The predicted molar refractivity (Wildman–Crippen MR) is 89.7 cm³/mol. The molecule has 0 amide bonds. The van der Waals surface area contributed by atoms with Gasteiger partial charge in [0, 0.05) is 23.6 Å². The normalized spacial score (nSPS) is 11.5. The molecule has 2 aromatic rings. The summed E-state index contributed by atoms with van der Waals surface area (Å²) >= 11 is 0. The molecule has 0 radical (unpaired) electrons. The average molecular weight is 283 g/mol. The summed E-state index contributed by atoms with van der Waals surface area (Å²) in [5.41, 5.74) is 3.37. The van der Waals surface area contributed by atoms with Crippen molar-refractivity contribution in [2.45, 2.75) is 46.5 Å². The van der Waals surface area contributed by atoms with Crippen LogP contribution >= 0.6 is 0 Å². The molecule has 0 atom stereocenters. The lowest BCUT2D eigenvalue weighted by atomic mass is 9.91. The molecule has 3 heteroatoms. The van der Waals surface area contributed by atoms with Crippen LogP contribution in [-0.4, -0.2) is 16.5 Å². The van der Waals surface area contributed by atoms with Crippen LogP contribution in [-0.2, 0) is 5.41 Å². The van der Waals surface area contributed by atoms with Gasteiger partial charge in [-0.2, -0.15) is 0 Å². The summed E-state index contributed by atoms with van der Waals surface area (Å²) in [4.78, 5) is 9.49. The average Bonchev–Trinajstić information content (AvgIpc) is 2.44. The molecular formula is C18H25N3. The molecule has 0 spiro atoms. The lowest BCUT2D eigenvalue weighted by Gasteiger charge is -2.20. The number of benzene rings is 1. The molecule has 112 valence electrons. The third-order valence-electron chi connectivity index (χ3n) is 3.44. The molecule has 3 nitrogen and oxygen atoms in total. The van der Waals surface area contributed by atoms with Crippen molar-refractivity contribution in [2.24, 2.45) is 0 Å². The van der Waals surface area contributed by atoms with Crippen molar-refractivity contribution in [1.82, 2.24) is 9.97 Å². The van der Waals surface area contributed by atoms with Crippen LogP contribution in [0, 0.1) is 6.92 Å². The Morgan fingerprint density at radius 1 is 1.10 bits per heavy atom. The van der Waals surface area contributed by atoms with E-state index in [1.165, 1.54) is 5.56 Å². The van der Waals surface area contributed by atoms with Gasteiger partial charge in [0.15, 0.2) is 5.82 Å². The van der Waals surface area contributed by atoms with E-state index in [1.807, 2.05) is 12.1 Å². The Balaban J connectivity index is 2.52. The molecule has 0 fully saturated rings. The molecule has 1 aromatic carbocycles. The molecule has 0 bridgehead atoms. The van der Waals surface area contributed by atoms with Gasteiger partial charge in [0.05, 0.1) is 5.69 Å². The zero-order valence-electron chi connectivity index (χ0n) is 13.7. The summed E-state index contributed by atoms with van der Waals surface area (Å²) in [5, 5.41) is 3.39. The van der Waals surface area contributed by atoms with Crippen LogP contribution in [0.5, 0.6) is 0 Å². The first kappa shape index (κ1) is 15.5. The van der Waals surface area contributed by atoms with Crippen LogP contribution in [0.1, 0.15) is 45.4 Å². The molecule has 0 aliphatic rings. The Morgan fingerprint density at radius 3 is 2.43 bits per heavy atom. The Hall–Kier alpha value is -1.90. The fourth-order valence-electron chi connectivity index (χ4n) is 2.12. The molecule has 1 aromatic heterocycles. The summed E-state index contributed by atoms with van der Waals surface area (Å²) < 4.78 is 0. The second kappa shape index (κ2) is 6.25. The largest absolute Gasteiger partial charge is 0.370 e. The number of aryl methyl sites for hydroxylation is 1. The highest BCUT2D eigenvalue weighted by Crippen LogP contribution is 2.27. The highest BCUT2D eigenvalue weighted by molar-refractivity contribution is 5.62. The fraction of sp³-hybridized carbons (Fsp3) is 0.444. The molecule has 21 heavy (non-hydrogen) atoms. The van der Waals surface area contributed by atoms with Gasteiger partial charge < -0.3 is 5.32 Å². The first-order chi connectivity index (χ1) is 9.91. The van der Waals surface area contributed by atoms with Crippen molar-refractivity contribution in [2.75, 3.05) is 11.9 Å². The van der Waals surface area contributed by atoms with Gasteiger partial charge in [-0.25, -0.2) is 9.97 Å². The van der Waals surface area contributed by atoms with E-state index in [1.54, 1.807) is 0 Å². The molecule has 2 rings (SSSR count). The van der Waals surface area contributed by atoms with Gasteiger partial charge in [0.2, 0.25) is 0 Å². The Kier molecular flexibility index (Phi) is 4.61. The van der Waals surface area contributed by atoms with E-state index in [9.17, 15) is 0 Å². The lowest BCUT2D eigenvalue weighted by molar-refractivity contribution is 0.568. The van der Waals surface area contributed by atoms with Gasteiger partial charge in [-0.1, -0.05) is 52.0 Å². The number of anilines is 1. The number of hydrogen-bond acceptors (Lipinski definition) is 3. The molecular weight excluding hydrogens is 258 g/mol. The molecule has 0 unspecified atom stereocenters. The number of nitrogens with zero attached hydrogens (tertiary/aromatic N) is 2. The molecule has 0 saturated carbocycles. The number of rotatable bonds is 4. The third kappa shape index (κ3) is 3.81. The smallest absolute Gasteiger partial charge is 0.162 e. The molecule has 1 N–H and O–H groups in total. The van der Waals surface area contributed by atoms with Gasteiger partial charge in [-0.05, 0) is 18.9 Å². The number of aromatic nitrogens is 2. The van der Waals surface area contributed by atoms with Gasteiger partial charge in [0.1, 0.15) is 5.82 Å². The van der Waals surface area contributed by atoms with Crippen molar-refractivity contribution in [3.8, 4) is 11.4 Å². The van der Waals surface area contributed by atoms with E-state index in [4.69, 9.17) is 9.97 Å². The summed E-state index contributed by atoms with van der Waals surface area (Å²) in [6.07, 6.45) is 1.08. The van der Waals surface area contributed by atoms with Crippen molar-refractivity contribution >= 4 is 5.82 Å². The van der Waals surface area contributed by atoms with Crippen LogP contribution in [0.4, 0.5) is 5.82 Å². The minimum Gasteiger partial charge on any atom is -0.370 e. The maximum atomic E-state index is 4.79. The summed E-state index contributed by atoms with van der Waals surface area (Å²) in [7, 11) is 0. The Labute approximate surface area is 127 Å². The lowest BCUT2D eigenvalue weighted by Crippen LogP contribution is -2.16. The van der Waals surface area contributed by atoms with Crippen LogP contribution < -0.4 is 5.32 Å². The van der Waals surface area contributed by atoms with E-state index < -0.39 is 0 Å². The highest BCUT2D eigenvalue weighted by Gasteiger charge is 2.19. The maximum Gasteiger partial charge on any atom is 0.162 e. The maximum absolute atomic E-state index is 4.79. The second-order valence-electron chi connectivity index (χ2n) is 6.45. The van der Waals surface area contributed by atoms with E-state index in [2.05, 4.69) is 58.1 Å². The molecule has 0 aliphatic heterocycles. The van der Waals surface area contributed by atoms with E-state index >= 15 is 0 Å². The zero-order valence-corrected chi connectivity index (χ0v) is 13.7. The summed E-state index contributed by atoms with van der Waals surface area (Å²) in [6.45, 7) is 11.7. The highest BCUT2D eigenvalue weighted by atomic mass is 15.0. The fourth-order valence-corrected chi connectivity index (χ4v) is 2.12. The van der Waals surface area contributed by atoms with Crippen LogP contribution in [0.3, 0.4) is 0 Å². The quantitative estimate of drug-likeness (QED) is 0.893. The standard InChI is InChI=1S/C18H25N3/c1-6-11-19-16-12-15(18(3,4)5)20-17(21-16)14-10-8-7-9-13(14)2/h7-10,12H,6,11H2,1-5H3,(H,19,20,21). The zero-order chi connectivity index (χ0) is 15.5. The molecule has 0 saturated heterocycles. The van der Waals surface area contributed by atoms with Crippen molar-refractivity contribution in [3.63, 3.8) is 0 Å². The van der Waals surface area contributed by atoms with E-state index in [0.717, 1.165) is 35.9 Å². The minimum atomic E-state index is 0.00300. The summed E-state index contributed by atoms with van der Waals surface area (Å²) in [6, 6.07) is 10.3. The van der Waals surface area contributed by atoms with Crippen LogP contribution in [0.15, 0.2) is 30.3 Å². The van der Waals surface area contributed by atoms with Gasteiger partial charge in [-0.3, -0.25) is 0 Å². The first-order valence-electron chi connectivity index (χ1n) is 7.61. The van der Waals surface area contributed by atoms with Crippen molar-refractivity contribution in [3.05, 3.63) is 41.6 Å². The predicted octanol–water partition coefficient (Wildman–Crippen LogP) is 4.57.